The van der Waals surface area contributed by atoms with Crippen LogP contribution in [0.5, 0.6) is 0 Å². The largest absolute Gasteiger partial charge is 0.462 e. The maximum absolute atomic E-state index is 13.2. The summed E-state index contributed by atoms with van der Waals surface area (Å²) in [6.45, 7) is 14.3. The molecule has 0 rings (SSSR count). The van der Waals surface area contributed by atoms with Crippen molar-refractivity contribution in [1.82, 2.24) is 0 Å². The van der Waals surface area contributed by atoms with Crippen molar-refractivity contribution in [2.75, 3.05) is 32.6 Å². The Kier molecular flexibility index (Phi) is 21.8. The molecule has 0 atom stereocenters. The fourth-order valence-corrected chi connectivity index (χ4v) is 5.11. The molecule has 0 aromatic heterocycles. The van der Waals surface area contributed by atoms with Gasteiger partial charge in [-0.1, -0.05) is 77.9 Å². The number of hydrogen-bond donors (Lipinski definition) is 0. The third kappa shape index (κ3) is 20.7. The first kappa shape index (κ1) is 34.6. The maximum Gasteiger partial charge on any atom is 0.333 e. The Bertz CT molecular complexity index is 627. The van der Waals surface area contributed by atoms with Crippen molar-refractivity contribution in [3.8, 4) is 0 Å². The van der Waals surface area contributed by atoms with Gasteiger partial charge in [0.05, 0.1) is 32.6 Å². The van der Waals surface area contributed by atoms with Gasteiger partial charge < -0.3 is 18.5 Å². The normalized spacial score (nSPS) is 11.3. The lowest BCUT2D eigenvalue weighted by atomic mass is 10.1. The van der Waals surface area contributed by atoms with Crippen molar-refractivity contribution in [3.05, 3.63) is 24.3 Å². The molecule has 0 fully saturated rings. The highest BCUT2D eigenvalue weighted by atomic mass is 31.2. The van der Waals surface area contributed by atoms with Gasteiger partial charge in [0, 0.05) is 11.1 Å². The van der Waals surface area contributed by atoms with Crippen molar-refractivity contribution in [1.29, 1.82) is 0 Å². The summed E-state index contributed by atoms with van der Waals surface area (Å²) in [5, 5.41) is 0. The maximum atomic E-state index is 13.2. The second-order valence-electron chi connectivity index (χ2n) is 9.43. The molecule has 0 amide bonds. The van der Waals surface area contributed by atoms with Gasteiger partial charge in [-0.15, -0.1) is 0 Å². The molecule has 0 aromatic carbocycles. The summed E-state index contributed by atoms with van der Waals surface area (Å²) in [7, 11) is -3.06. The van der Waals surface area contributed by atoms with E-state index in [9.17, 15) is 14.2 Å². The van der Waals surface area contributed by atoms with E-state index in [1.807, 2.05) is 0 Å². The van der Waals surface area contributed by atoms with Crippen LogP contribution in [0, 0.1) is 0 Å². The lowest BCUT2D eigenvalue weighted by molar-refractivity contribution is -0.139. The van der Waals surface area contributed by atoms with E-state index >= 15 is 0 Å². The lowest BCUT2D eigenvalue weighted by Gasteiger charge is -2.19. The Morgan fingerprint density at radius 3 is 1.33 bits per heavy atom. The van der Waals surface area contributed by atoms with Gasteiger partial charge in [0.2, 0.25) is 0 Å². The van der Waals surface area contributed by atoms with E-state index in [2.05, 4.69) is 20.1 Å². The van der Waals surface area contributed by atoms with E-state index < -0.39 is 7.60 Å². The van der Waals surface area contributed by atoms with E-state index in [1.54, 1.807) is 13.8 Å². The number of carbonyl (C=O) groups is 2. The van der Waals surface area contributed by atoms with Gasteiger partial charge in [-0.25, -0.2) is 9.59 Å². The summed E-state index contributed by atoms with van der Waals surface area (Å²) in [6, 6.07) is 0. The molecule has 8 heteroatoms. The molecule has 0 N–H and O–H groups in total. The third-order valence-corrected chi connectivity index (χ3v) is 7.62. The zero-order valence-corrected chi connectivity index (χ0v) is 24.0. The minimum Gasteiger partial charge on any atom is -0.462 e. The van der Waals surface area contributed by atoms with E-state index in [0.29, 0.717) is 43.7 Å². The molecule has 7 nitrogen and oxygen atoms in total. The van der Waals surface area contributed by atoms with Crippen LogP contribution in [0.15, 0.2) is 24.3 Å². The predicted molar refractivity (Wildman–Crippen MR) is 146 cm³/mol. The van der Waals surface area contributed by atoms with Crippen molar-refractivity contribution in [2.24, 2.45) is 0 Å². The van der Waals surface area contributed by atoms with Crippen LogP contribution in [0.4, 0.5) is 0 Å². The summed E-state index contributed by atoms with van der Waals surface area (Å²) in [4.78, 5) is 22.7. The highest BCUT2D eigenvalue weighted by molar-refractivity contribution is 7.53. The number of unbranched alkanes of at least 4 members (excludes halogenated alkanes) is 11. The molecule has 0 unspecified atom stereocenters. The second kappa shape index (κ2) is 22.7. The average Bonchev–Trinajstić information content (AvgIpc) is 2.84. The van der Waals surface area contributed by atoms with Crippen LogP contribution in [-0.4, -0.2) is 44.5 Å². The first-order valence-electron chi connectivity index (χ1n) is 13.7. The van der Waals surface area contributed by atoms with Gasteiger partial charge in [-0.2, -0.15) is 0 Å². The Balaban J connectivity index is 4.02. The molecule has 36 heavy (non-hydrogen) atoms. The van der Waals surface area contributed by atoms with Gasteiger partial charge in [0.1, 0.15) is 0 Å². The summed E-state index contributed by atoms with van der Waals surface area (Å²) >= 11 is 0. The smallest absolute Gasteiger partial charge is 0.333 e. The second-order valence-corrected chi connectivity index (χ2v) is 11.6. The molecule has 0 bridgehead atoms. The van der Waals surface area contributed by atoms with Gasteiger partial charge in [-0.3, -0.25) is 4.57 Å². The molecule has 0 spiro atoms. The van der Waals surface area contributed by atoms with Crippen molar-refractivity contribution in [3.63, 3.8) is 0 Å². The number of esters is 2. The predicted octanol–water partition coefficient (Wildman–Crippen LogP) is 7.93. The number of ether oxygens (including phenoxy) is 2. The summed E-state index contributed by atoms with van der Waals surface area (Å²) in [5.41, 5.74) is 0.847. The topological polar surface area (TPSA) is 88.1 Å². The van der Waals surface area contributed by atoms with E-state index in [0.717, 1.165) is 89.9 Å². The Hall–Kier alpha value is -1.43. The Morgan fingerprint density at radius 1 is 0.583 bits per heavy atom. The first-order valence-corrected chi connectivity index (χ1v) is 15.5. The van der Waals surface area contributed by atoms with E-state index in [-0.39, 0.29) is 11.9 Å². The van der Waals surface area contributed by atoms with Crippen LogP contribution in [-0.2, 0) is 32.7 Å². The monoisotopic (exact) mass is 530 g/mol. The lowest BCUT2D eigenvalue weighted by Crippen LogP contribution is -2.06. The zero-order valence-electron chi connectivity index (χ0n) is 23.2. The molecule has 0 aromatic rings. The highest BCUT2D eigenvalue weighted by Gasteiger charge is 2.23. The van der Waals surface area contributed by atoms with Gasteiger partial charge in [0.25, 0.3) is 0 Å². The molecule has 0 saturated heterocycles. The summed E-state index contributed by atoms with van der Waals surface area (Å²) in [6.07, 6.45) is 13.9. The molecular formula is C28H51O7P. The van der Waals surface area contributed by atoms with E-state index in [4.69, 9.17) is 18.5 Å². The zero-order chi connectivity index (χ0) is 27.1. The number of rotatable bonds is 25. The molecule has 0 aliphatic heterocycles. The van der Waals surface area contributed by atoms with Crippen LogP contribution in [0.25, 0.3) is 0 Å². The number of carbonyl (C=O) groups excluding carboxylic acids is 2. The SMILES string of the molecule is C=C(C)C(=O)OCCCCCCCOP(=O)(CCCCCC)OCCCCCCCOC(=O)C(=C)C. The summed E-state index contributed by atoms with van der Waals surface area (Å²) in [5.74, 6) is -0.667. The van der Waals surface area contributed by atoms with Crippen LogP contribution in [0.1, 0.15) is 111 Å². The van der Waals surface area contributed by atoms with Crippen molar-refractivity contribution >= 4 is 19.5 Å². The van der Waals surface area contributed by atoms with Gasteiger partial charge >= 0.3 is 19.5 Å². The quantitative estimate of drug-likeness (QED) is 0.0512. The van der Waals surface area contributed by atoms with Crippen LogP contribution in [0.3, 0.4) is 0 Å². The molecular weight excluding hydrogens is 479 g/mol. The molecule has 0 radical (unpaired) electrons. The third-order valence-electron chi connectivity index (χ3n) is 5.60. The average molecular weight is 531 g/mol. The molecule has 0 aliphatic carbocycles. The van der Waals surface area contributed by atoms with Gasteiger partial charge in [0.15, 0.2) is 0 Å². The minimum absolute atomic E-state index is 0.334. The standard InChI is InChI=1S/C28H51O7P/c1-6-7-8-19-24-36(31,34-22-17-13-9-11-15-20-32-27(29)25(2)3)35-23-18-14-10-12-16-21-33-28(30)26(4)5/h2,4,6-24H2,1,3,5H3. The van der Waals surface area contributed by atoms with Gasteiger partial charge in [-0.05, 0) is 46.0 Å². The summed E-state index contributed by atoms with van der Waals surface area (Å²) < 4.78 is 35.0. The molecule has 0 heterocycles. The number of hydrogen-bond acceptors (Lipinski definition) is 7. The van der Waals surface area contributed by atoms with Crippen LogP contribution in [0.2, 0.25) is 0 Å². The highest BCUT2D eigenvalue weighted by Crippen LogP contribution is 2.49. The van der Waals surface area contributed by atoms with Crippen molar-refractivity contribution in [2.45, 2.75) is 111 Å². The van der Waals surface area contributed by atoms with Crippen molar-refractivity contribution < 1.29 is 32.7 Å². The molecule has 0 saturated carbocycles. The fraction of sp³-hybridized carbons (Fsp3) is 0.786. The molecule has 210 valence electrons. The molecule has 0 aliphatic rings. The van der Waals surface area contributed by atoms with E-state index in [1.165, 1.54) is 0 Å². The Labute approximate surface area is 219 Å². The first-order chi connectivity index (χ1) is 17.2. The van der Waals surface area contributed by atoms with Crippen LogP contribution >= 0.6 is 7.60 Å². The fourth-order valence-electron chi connectivity index (χ4n) is 3.35. The minimum atomic E-state index is -3.06. The van der Waals surface area contributed by atoms with Crippen LogP contribution < -0.4 is 0 Å². The Morgan fingerprint density at radius 2 is 0.944 bits per heavy atom.